The first-order valence-corrected chi connectivity index (χ1v) is 7.42. The highest BCUT2D eigenvalue weighted by Gasteiger charge is 2.45. The molecule has 0 amide bonds. The maximum absolute atomic E-state index is 2.53. The van der Waals surface area contributed by atoms with Gasteiger partial charge in [0, 0.05) is 18.8 Å². The monoisotopic (exact) mass is 240 g/mol. The predicted molar refractivity (Wildman–Crippen MR) is 77.1 cm³/mol. The van der Waals surface area contributed by atoms with Crippen LogP contribution in [-0.2, 0) is 0 Å². The third kappa shape index (κ3) is 2.70. The molecule has 1 spiro atoms. The molecule has 17 heavy (non-hydrogen) atoms. The molecule has 1 heteroatoms. The van der Waals surface area contributed by atoms with Crippen LogP contribution in [0.15, 0.2) is 0 Å². The van der Waals surface area contributed by atoms with Crippen LogP contribution < -0.4 is 0 Å². The Labute approximate surface area is 109 Å². The maximum atomic E-state index is 2.53. The van der Waals surface area contributed by atoms with Crippen LogP contribution in [0.25, 0.3) is 0 Å². The molecule has 2 rings (SSSR count). The van der Waals surface area contributed by atoms with Crippen molar-refractivity contribution in [2.75, 3.05) is 13.1 Å². The Morgan fingerprint density at radius 3 is 2.06 bits per heavy atom. The van der Waals surface area contributed by atoms with Crippen molar-refractivity contribution in [2.24, 2.45) is 11.8 Å². The van der Waals surface area contributed by atoms with E-state index in [1.807, 2.05) is 0 Å². The number of hydrogen-bond donors (Lipinski definition) is 0. The van der Waals surface area contributed by atoms with Crippen LogP contribution in [0, 0.1) is 11.8 Å². The van der Waals surface area contributed by atoms with Crippen molar-refractivity contribution >= 4 is 0 Å². The van der Waals surface area contributed by atoms with Gasteiger partial charge < -0.3 is 4.48 Å². The van der Waals surface area contributed by atoms with Gasteiger partial charge in [-0.15, -0.1) is 0 Å². The van der Waals surface area contributed by atoms with E-state index in [4.69, 9.17) is 0 Å². The highest BCUT2D eigenvalue weighted by Crippen LogP contribution is 2.38. The van der Waals surface area contributed by atoms with E-state index in [0.717, 1.165) is 23.9 Å². The average Bonchev–Trinajstić information content (AvgIpc) is 2.74. The van der Waals surface area contributed by atoms with Gasteiger partial charge in [0.05, 0.1) is 25.2 Å². The molecular formula is C16H34N+. The van der Waals surface area contributed by atoms with Gasteiger partial charge >= 0.3 is 0 Å². The molecule has 2 aliphatic heterocycles. The average molecular weight is 240 g/mol. The van der Waals surface area contributed by atoms with Gasteiger partial charge in [-0.2, -0.15) is 0 Å². The van der Waals surface area contributed by atoms with Crippen LogP contribution in [0.3, 0.4) is 0 Å². The van der Waals surface area contributed by atoms with Gasteiger partial charge in [0.1, 0.15) is 0 Å². The first kappa shape index (κ1) is 15.0. The molecule has 1 nitrogen and oxygen atoms in total. The molecule has 0 aromatic heterocycles. The fraction of sp³-hybridized carbons (Fsp3) is 1.00. The second-order valence-electron chi connectivity index (χ2n) is 6.74. The number of hydrogen-bond acceptors (Lipinski definition) is 0. The summed E-state index contributed by atoms with van der Waals surface area (Å²) >= 11 is 0. The number of nitrogens with zero attached hydrogens (tertiary/aromatic N) is 1. The standard InChI is InChI=1S/C15H30N.CH4/c1-12-7-8-14(3)16(9-5-6-10-16)15(4)13(2)11-12;/h12-15H,5-11H2,1-4H3;1H4/q+1;. The largest absolute Gasteiger partial charge is 0.319 e. The molecule has 2 heterocycles. The van der Waals surface area contributed by atoms with Crippen LogP contribution in [0.4, 0.5) is 0 Å². The van der Waals surface area contributed by atoms with Crippen LogP contribution in [0.5, 0.6) is 0 Å². The Bertz CT molecular complexity index is 230. The fourth-order valence-corrected chi connectivity index (χ4v) is 4.41. The Morgan fingerprint density at radius 1 is 0.882 bits per heavy atom. The zero-order chi connectivity index (χ0) is 11.8. The lowest BCUT2D eigenvalue weighted by Crippen LogP contribution is -2.60. The summed E-state index contributed by atoms with van der Waals surface area (Å²) < 4.78 is 1.45. The second kappa shape index (κ2) is 5.73. The van der Waals surface area contributed by atoms with Crippen molar-refractivity contribution in [3.8, 4) is 0 Å². The van der Waals surface area contributed by atoms with Crippen LogP contribution in [0.1, 0.15) is 67.2 Å². The van der Waals surface area contributed by atoms with E-state index in [9.17, 15) is 0 Å². The third-order valence-electron chi connectivity index (χ3n) is 5.76. The maximum Gasteiger partial charge on any atom is 0.0889 e. The summed E-state index contributed by atoms with van der Waals surface area (Å²) in [4.78, 5) is 0. The third-order valence-corrected chi connectivity index (χ3v) is 5.76. The summed E-state index contributed by atoms with van der Waals surface area (Å²) in [6.07, 6.45) is 7.30. The molecule has 4 atom stereocenters. The minimum atomic E-state index is 0. The molecular weight excluding hydrogens is 206 g/mol. The van der Waals surface area contributed by atoms with Crippen molar-refractivity contribution in [3.05, 3.63) is 0 Å². The fourth-order valence-electron chi connectivity index (χ4n) is 4.41. The molecule has 0 saturated carbocycles. The quantitative estimate of drug-likeness (QED) is 0.548. The van der Waals surface area contributed by atoms with E-state index < -0.39 is 0 Å². The van der Waals surface area contributed by atoms with Crippen LogP contribution in [-0.4, -0.2) is 29.7 Å². The van der Waals surface area contributed by atoms with E-state index in [1.165, 1.54) is 49.7 Å². The van der Waals surface area contributed by atoms with Crippen molar-refractivity contribution in [1.29, 1.82) is 0 Å². The van der Waals surface area contributed by atoms with Gasteiger partial charge in [-0.05, 0) is 39.0 Å². The van der Waals surface area contributed by atoms with E-state index >= 15 is 0 Å². The Hall–Kier alpha value is -0.0400. The van der Waals surface area contributed by atoms with Crippen molar-refractivity contribution in [1.82, 2.24) is 0 Å². The minimum Gasteiger partial charge on any atom is -0.319 e. The molecule has 0 bridgehead atoms. The Balaban J connectivity index is 0.00000144. The highest BCUT2D eigenvalue weighted by molar-refractivity contribution is 4.76. The molecule has 0 aromatic rings. The first-order chi connectivity index (χ1) is 7.56. The normalized spacial score (nSPS) is 41.6. The lowest BCUT2D eigenvalue weighted by Gasteiger charge is -2.49. The summed E-state index contributed by atoms with van der Waals surface area (Å²) in [6, 6.07) is 1.79. The van der Waals surface area contributed by atoms with Gasteiger partial charge in [0.2, 0.25) is 0 Å². The highest BCUT2D eigenvalue weighted by atomic mass is 15.4. The molecule has 2 aliphatic rings. The van der Waals surface area contributed by atoms with E-state index in [2.05, 4.69) is 27.7 Å². The minimum absolute atomic E-state index is 0. The zero-order valence-electron chi connectivity index (χ0n) is 11.7. The predicted octanol–water partition coefficient (Wildman–Crippen LogP) is 4.47. The lowest BCUT2D eigenvalue weighted by molar-refractivity contribution is -0.964. The van der Waals surface area contributed by atoms with Gasteiger partial charge in [-0.3, -0.25) is 0 Å². The van der Waals surface area contributed by atoms with E-state index in [0.29, 0.717) is 0 Å². The van der Waals surface area contributed by atoms with Gasteiger partial charge in [-0.25, -0.2) is 0 Å². The van der Waals surface area contributed by atoms with E-state index in [1.54, 1.807) is 0 Å². The first-order valence-electron chi connectivity index (χ1n) is 7.42. The molecule has 0 N–H and O–H groups in total. The summed E-state index contributed by atoms with van der Waals surface area (Å²) in [6.45, 7) is 12.9. The molecule has 4 unspecified atom stereocenters. The van der Waals surface area contributed by atoms with Gasteiger partial charge in [-0.1, -0.05) is 21.3 Å². The summed E-state index contributed by atoms with van der Waals surface area (Å²) in [5.74, 6) is 1.86. The Morgan fingerprint density at radius 2 is 1.47 bits per heavy atom. The number of quaternary nitrogens is 1. The summed E-state index contributed by atoms with van der Waals surface area (Å²) in [5, 5.41) is 0. The smallest absolute Gasteiger partial charge is 0.0889 e. The molecule has 0 radical (unpaired) electrons. The van der Waals surface area contributed by atoms with E-state index in [-0.39, 0.29) is 7.43 Å². The molecule has 2 fully saturated rings. The van der Waals surface area contributed by atoms with Crippen LogP contribution in [0.2, 0.25) is 0 Å². The lowest BCUT2D eigenvalue weighted by atomic mass is 9.83. The van der Waals surface area contributed by atoms with Crippen molar-refractivity contribution in [3.63, 3.8) is 0 Å². The molecule has 102 valence electrons. The number of rotatable bonds is 0. The zero-order valence-corrected chi connectivity index (χ0v) is 11.7. The van der Waals surface area contributed by atoms with Crippen LogP contribution >= 0.6 is 0 Å². The molecule has 2 saturated heterocycles. The summed E-state index contributed by atoms with van der Waals surface area (Å²) in [5.41, 5.74) is 0. The molecule has 0 aromatic carbocycles. The van der Waals surface area contributed by atoms with Crippen molar-refractivity contribution < 1.29 is 4.48 Å². The van der Waals surface area contributed by atoms with Gasteiger partial charge in [0.15, 0.2) is 0 Å². The van der Waals surface area contributed by atoms with Crippen molar-refractivity contribution in [2.45, 2.75) is 79.3 Å². The Kier molecular flexibility index (Phi) is 5.07. The van der Waals surface area contributed by atoms with Gasteiger partial charge in [0.25, 0.3) is 0 Å². The topological polar surface area (TPSA) is 0 Å². The summed E-state index contributed by atoms with van der Waals surface area (Å²) in [7, 11) is 0. The molecule has 0 aliphatic carbocycles. The SMILES string of the molecule is C.CC1CCC(C)[N+]2(CCCC2)C(C)C(C)C1. The second-order valence-corrected chi connectivity index (χ2v) is 6.74.